The van der Waals surface area contributed by atoms with E-state index >= 15 is 0 Å². The summed E-state index contributed by atoms with van der Waals surface area (Å²) in [5.74, 6) is 0.556. The number of nitrogens with zero attached hydrogens (tertiary/aromatic N) is 6. The highest BCUT2D eigenvalue weighted by Crippen LogP contribution is 2.16. The van der Waals surface area contributed by atoms with Crippen LogP contribution in [-0.2, 0) is 6.54 Å². The van der Waals surface area contributed by atoms with Crippen molar-refractivity contribution in [2.24, 2.45) is 11.0 Å². The summed E-state index contributed by atoms with van der Waals surface area (Å²) in [6.07, 6.45) is 4.70. The first kappa shape index (κ1) is 18.9. The molecule has 7 heteroatoms. The second-order valence-electron chi connectivity index (χ2n) is 7.60. The molecular weight excluding hydrogens is 364 g/mol. The number of aromatic nitrogens is 5. The third-order valence-electron chi connectivity index (χ3n) is 4.95. The predicted octanol–water partition coefficient (Wildman–Crippen LogP) is 3.54. The van der Waals surface area contributed by atoms with E-state index in [2.05, 4.69) is 53.5 Å². The van der Waals surface area contributed by atoms with Crippen LogP contribution >= 0.6 is 0 Å². The number of fused-ring (bicyclic) bond motifs is 1. The molecule has 0 radical (unpaired) electrons. The Balaban J connectivity index is 1.70. The van der Waals surface area contributed by atoms with Crippen LogP contribution in [0.3, 0.4) is 0 Å². The van der Waals surface area contributed by atoms with Gasteiger partial charge in [0, 0.05) is 23.5 Å². The highest BCUT2D eigenvalue weighted by Gasteiger charge is 2.12. The van der Waals surface area contributed by atoms with Gasteiger partial charge in [0.15, 0.2) is 5.65 Å². The third kappa shape index (κ3) is 3.51. The molecule has 3 heterocycles. The lowest BCUT2D eigenvalue weighted by Gasteiger charge is -2.11. The zero-order chi connectivity index (χ0) is 20.5. The van der Waals surface area contributed by atoms with Gasteiger partial charge in [0.25, 0.3) is 5.56 Å². The molecule has 29 heavy (non-hydrogen) atoms. The van der Waals surface area contributed by atoms with E-state index in [9.17, 15) is 4.79 Å². The molecule has 0 aliphatic heterocycles. The van der Waals surface area contributed by atoms with Crippen LogP contribution in [0, 0.1) is 19.8 Å². The predicted molar refractivity (Wildman–Crippen MR) is 115 cm³/mol. The SMILES string of the molecule is Cc1cc(/C=N/n2cnc3c(cnn3-c3ccccc3)c2=O)c(C)n1CC(C)C. The number of rotatable bonds is 5. The Bertz CT molecular complexity index is 1240. The van der Waals surface area contributed by atoms with Gasteiger partial charge in [0.2, 0.25) is 0 Å². The Morgan fingerprint density at radius 2 is 1.93 bits per heavy atom. The van der Waals surface area contributed by atoms with Crippen molar-refractivity contribution in [2.45, 2.75) is 34.2 Å². The van der Waals surface area contributed by atoms with Crippen LogP contribution in [0.1, 0.15) is 30.8 Å². The van der Waals surface area contributed by atoms with E-state index in [-0.39, 0.29) is 5.56 Å². The van der Waals surface area contributed by atoms with Crippen LogP contribution in [0.2, 0.25) is 0 Å². The maximum Gasteiger partial charge on any atom is 0.285 e. The number of hydrogen-bond donors (Lipinski definition) is 0. The molecule has 4 rings (SSSR count). The van der Waals surface area contributed by atoms with Crippen LogP contribution in [0.25, 0.3) is 16.7 Å². The number of benzene rings is 1. The van der Waals surface area contributed by atoms with Gasteiger partial charge >= 0.3 is 0 Å². The van der Waals surface area contributed by atoms with Gasteiger partial charge in [-0.15, -0.1) is 0 Å². The standard InChI is InChI=1S/C22H24N6O/c1-15(2)13-26-16(3)10-18(17(26)4)11-24-27-14-23-21-20(22(27)29)12-25-28(21)19-8-6-5-7-9-19/h5-12,14-15H,13H2,1-4H3/b24-11+. The van der Waals surface area contributed by atoms with E-state index in [0.717, 1.165) is 23.5 Å². The van der Waals surface area contributed by atoms with Crippen LogP contribution in [-0.4, -0.2) is 30.2 Å². The van der Waals surface area contributed by atoms with Gasteiger partial charge in [-0.3, -0.25) is 4.79 Å². The fraction of sp³-hybridized carbons (Fsp3) is 0.273. The summed E-state index contributed by atoms with van der Waals surface area (Å²) in [5, 5.41) is 9.13. The molecule has 4 aromatic rings. The minimum atomic E-state index is -0.246. The second kappa shape index (κ2) is 7.50. The molecule has 7 nitrogen and oxygen atoms in total. The van der Waals surface area contributed by atoms with Gasteiger partial charge in [0.1, 0.15) is 11.7 Å². The Kier molecular flexibility index (Phi) is 4.88. The summed E-state index contributed by atoms with van der Waals surface area (Å²) < 4.78 is 5.19. The van der Waals surface area contributed by atoms with E-state index in [1.54, 1.807) is 10.9 Å². The van der Waals surface area contributed by atoms with Crippen molar-refractivity contribution in [1.29, 1.82) is 0 Å². The monoisotopic (exact) mass is 388 g/mol. The minimum Gasteiger partial charge on any atom is -0.348 e. The van der Waals surface area contributed by atoms with Crippen molar-refractivity contribution in [3.05, 3.63) is 76.2 Å². The Morgan fingerprint density at radius 1 is 1.17 bits per heavy atom. The summed E-state index contributed by atoms with van der Waals surface area (Å²) in [6, 6.07) is 11.7. The second-order valence-corrected chi connectivity index (χ2v) is 7.60. The highest BCUT2D eigenvalue weighted by molar-refractivity contribution is 5.82. The average Bonchev–Trinajstić information content (AvgIpc) is 3.25. The van der Waals surface area contributed by atoms with Crippen molar-refractivity contribution >= 4 is 17.2 Å². The third-order valence-corrected chi connectivity index (χ3v) is 4.95. The molecular formula is C22H24N6O. The molecule has 0 fully saturated rings. The van der Waals surface area contributed by atoms with Crippen LogP contribution < -0.4 is 5.56 Å². The molecule has 0 saturated heterocycles. The van der Waals surface area contributed by atoms with Gasteiger partial charge in [0.05, 0.1) is 18.1 Å². The van der Waals surface area contributed by atoms with E-state index in [0.29, 0.717) is 17.0 Å². The van der Waals surface area contributed by atoms with Crippen molar-refractivity contribution in [3.8, 4) is 5.69 Å². The zero-order valence-corrected chi connectivity index (χ0v) is 17.1. The zero-order valence-electron chi connectivity index (χ0n) is 17.1. The van der Waals surface area contributed by atoms with E-state index in [4.69, 9.17) is 0 Å². The Labute approximate surface area is 168 Å². The molecule has 0 saturated carbocycles. The lowest BCUT2D eigenvalue weighted by atomic mass is 10.2. The average molecular weight is 388 g/mol. The number of aryl methyl sites for hydroxylation is 1. The van der Waals surface area contributed by atoms with E-state index in [1.165, 1.54) is 22.9 Å². The molecule has 0 aliphatic rings. The quantitative estimate of drug-likeness (QED) is 0.491. The molecule has 3 aromatic heterocycles. The highest BCUT2D eigenvalue weighted by atomic mass is 16.1. The van der Waals surface area contributed by atoms with Crippen molar-refractivity contribution in [2.75, 3.05) is 0 Å². The maximum absolute atomic E-state index is 12.8. The molecule has 1 aromatic carbocycles. The smallest absolute Gasteiger partial charge is 0.285 e. The fourth-order valence-corrected chi connectivity index (χ4v) is 3.47. The summed E-state index contributed by atoms with van der Waals surface area (Å²) in [7, 11) is 0. The molecule has 148 valence electrons. The van der Waals surface area contributed by atoms with Gasteiger partial charge in [-0.1, -0.05) is 32.0 Å². The first-order valence-corrected chi connectivity index (χ1v) is 9.67. The maximum atomic E-state index is 12.8. The van der Waals surface area contributed by atoms with Crippen LogP contribution in [0.4, 0.5) is 0 Å². The van der Waals surface area contributed by atoms with Crippen LogP contribution in [0.5, 0.6) is 0 Å². The molecule has 0 amide bonds. The lowest BCUT2D eigenvalue weighted by Crippen LogP contribution is -2.17. The molecule has 0 atom stereocenters. The van der Waals surface area contributed by atoms with Crippen molar-refractivity contribution in [1.82, 2.24) is 24.0 Å². The first-order chi connectivity index (χ1) is 14.0. The molecule has 0 spiro atoms. The van der Waals surface area contributed by atoms with Gasteiger partial charge < -0.3 is 4.57 Å². The first-order valence-electron chi connectivity index (χ1n) is 9.67. The van der Waals surface area contributed by atoms with Gasteiger partial charge in [-0.05, 0) is 38.0 Å². The van der Waals surface area contributed by atoms with Crippen LogP contribution in [0.15, 0.2) is 58.8 Å². The number of para-hydroxylation sites is 1. The minimum absolute atomic E-state index is 0.246. The van der Waals surface area contributed by atoms with E-state index < -0.39 is 0 Å². The molecule has 0 bridgehead atoms. The van der Waals surface area contributed by atoms with E-state index in [1.807, 2.05) is 30.3 Å². The van der Waals surface area contributed by atoms with Crippen molar-refractivity contribution in [3.63, 3.8) is 0 Å². The molecule has 0 N–H and O–H groups in total. The van der Waals surface area contributed by atoms with Crippen molar-refractivity contribution < 1.29 is 0 Å². The number of hydrogen-bond acceptors (Lipinski definition) is 4. The fourth-order valence-electron chi connectivity index (χ4n) is 3.47. The largest absolute Gasteiger partial charge is 0.348 e. The lowest BCUT2D eigenvalue weighted by molar-refractivity contribution is 0.509. The summed E-state index contributed by atoms with van der Waals surface area (Å²) >= 11 is 0. The molecule has 0 unspecified atom stereocenters. The van der Waals surface area contributed by atoms with Gasteiger partial charge in [-0.2, -0.15) is 14.9 Å². The molecule has 0 aliphatic carbocycles. The van der Waals surface area contributed by atoms with Gasteiger partial charge in [-0.25, -0.2) is 9.67 Å². The summed E-state index contributed by atoms with van der Waals surface area (Å²) in [6.45, 7) is 9.51. The Hall–Kier alpha value is -3.48. The normalized spacial score (nSPS) is 11.9. The Morgan fingerprint density at radius 3 is 2.66 bits per heavy atom. The summed E-state index contributed by atoms with van der Waals surface area (Å²) in [5.41, 5.74) is 4.44. The topological polar surface area (TPSA) is 70.0 Å². The summed E-state index contributed by atoms with van der Waals surface area (Å²) in [4.78, 5) is 17.3.